The minimum Gasteiger partial charge on any atom is -0.309 e. The number of hydrogen-bond donors (Lipinski definition) is 0. The van der Waals surface area contributed by atoms with Gasteiger partial charge in [0.2, 0.25) is 5.95 Å². The highest BCUT2D eigenvalue weighted by atomic mass is 15.2. The Bertz CT molecular complexity index is 3040. The van der Waals surface area contributed by atoms with Gasteiger partial charge in [0.15, 0.2) is 0 Å². The summed E-state index contributed by atoms with van der Waals surface area (Å²) in [6.45, 7) is 13.5. The quantitative estimate of drug-likeness (QED) is 0.159. The molecule has 0 bridgehead atoms. The van der Waals surface area contributed by atoms with Crippen molar-refractivity contribution in [3.8, 4) is 45.3 Å². The van der Waals surface area contributed by atoms with Crippen molar-refractivity contribution in [2.24, 2.45) is 0 Å². The van der Waals surface area contributed by atoms with E-state index in [1.165, 1.54) is 38.5 Å². The van der Waals surface area contributed by atoms with Crippen molar-refractivity contribution in [1.82, 2.24) is 19.1 Å². The summed E-state index contributed by atoms with van der Waals surface area (Å²) >= 11 is 0. The molecule has 0 aliphatic rings. The summed E-state index contributed by atoms with van der Waals surface area (Å²) in [5.74, 6) is 0.650. The van der Waals surface area contributed by atoms with Crippen LogP contribution in [0, 0.1) is 0 Å². The fraction of sp³-hybridized carbons (Fsp3) is 0.0741. The van der Waals surface area contributed by atoms with Crippen molar-refractivity contribution >= 4 is 43.6 Å². The molecule has 4 nitrogen and oxygen atoms in total. The largest absolute Gasteiger partial charge is 0.309 e. The first-order valence-electron chi connectivity index (χ1n) is 19.7. The molecule has 7 aromatic carbocycles. The normalized spacial score (nSPS) is 11.5. The van der Waals surface area contributed by atoms with Crippen molar-refractivity contribution in [2.75, 3.05) is 0 Å². The van der Waals surface area contributed by atoms with Gasteiger partial charge in [0.25, 0.3) is 0 Å². The summed E-state index contributed by atoms with van der Waals surface area (Å²) < 4.78 is 4.63. The number of rotatable bonds is 6. The number of fused-ring (bicyclic) bond motifs is 6. The van der Waals surface area contributed by atoms with E-state index >= 15 is 0 Å². The zero-order valence-electron chi connectivity index (χ0n) is 33.1. The minimum atomic E-state index is 0.0926. The van der Waals surface area contributed by atoms with Crippen LogP contribution < -0.4 is 0 Å². The molecule has 0 amide bonds. The lowest BCUT2D eigenvalue weighted by Gasteiger charge is -2.19. The van der Waals surface area contributed by atoms with Gasteiger partial charge in [-0.2, -0.15) is 0 Å². The Morgan fingerprint density at radius 2 is 0.983 bits per heavy atom. The first kappa shape index (κ1) is 36.3. The van der Waals surface area contributed by atoms with Gasteiger partial charge in [-0.15, -0.1) is 0 Å². The summed E-state index contributed by atoms with van der Waals surface area (Å²) in [7, 11) is 0. The van der Waals surface area contributed by atoms with E-state index in [4.69, 9.17) is 9.97 Å². The molecule has 4 heteroatoms. The minimum absolute atomic E-state index is 0.0926. The topological polar surface area (TPSA) is 35.6 Å². The van der Waals surface area contributed by atoms with E-state index in [1.807, 2.05) is 12.1 Å². The summed E-state index contributed by atoms with van der Waals surface area (Å²) in [5.41, 5.74) is 13.4. The third-order valence-corrected chi connectivity index (χ3v) is 10.9. The van der Waals surface area contributed by atoms with Crippen LogP contribution in [0.25, 0.3) is 88.9 Å². The number of benzene rings is 7. The van der Waals surface area contributed by atoms with Crippen molar-refractivity contribution in [3.05, 3.63) is 207 Å². The van der Waals surface area contributed by atoms with E-state index in [0.717, 1.165) is 50.0 Å². The Hall–Kier alpha value is -7.30. The molecule has 0 saturated heterocycles. The summed E-state index contributed by atoms with van der Waals surface area (Å²) in [6, 6.07) is 62.9. The van der Waals surface area contributed by atoms with Crippen molar-refractivity contribution in [3.63, 3.8) is 0 Å². The number of para-hydroxylation sites is 2. The summed E-state index contributed by atoms with van der Waals surface area (Å²) in [6.07, 6.45) is 3.28. The van der Waals surface area contributed by atoms with Gasteiger partial charge in [0, 0.05) is 38.4 Å². The van der Waals surface area contributed by atoms with E-state index in [2.05, 4.69) is 207 Å². The zero-order valence-corrected chi connectivity index (χ0v) is 33.1. The van der Waals surface area contributed by atoms with Crippen LogP contribution in [0.15, 0.2) is 201 Å². The smallest absolute Gasteiger partial charge is 0.235 e. The molecule has 10 aromatic rings. The zero-order chi connectivity index (χ0) is 39.8. The second-order valence-corrected chi connectivity index (χ2v) is 15.6. The lowest BCUT2D eigenvalue weighted by molar-refractivity contribution is 0.590. The monoisotopic (exact) mass is 748 g/mol. The molecule has 0 N–H and O–H groups in total. The lowest BCUT2D eigenvalue weighted by atomic mass is 9.87. The molecule has 0 aliphatic heterocycles. The average Bonchev–Trinajstić information content (AvgIpc) is 3.79. The molecule has 0 saturated carbocycles. The van der Waals surface area contributed by atoms with Crippen LogP contribution in [0.4, 0.5) is 0 Å². The molecular formula is C54H44N4. The maximum absolute atomic E-state index is 5.23. The molecule has 280 valence electrons. The fourth-order valence-electron chi connectivity index (χ4n) is 8.05. The fourth-order valence-corrected chi connectivity index (χ4v) is 8.05. The van der Waals surface area contributed by atoms with Crippen molar-refractivity contribution < 1.29 is 0 Å². The van der Waals surface area contributed by atoms with Gasteiger partial charge >= 0.3 is 0 Å². The van der Waals surface area contributed by atoms with E-state index in [0.29, 0.717) is 5.95 Å². The standard InChI is InChI=1S/C50H38N4.C4H6/c1-50(2,3)36-26-28-37(29-27-36)53-45-23-13-11-20-40(45)48-38(21-14-24-47(48)53)35-25-30-46-41(31-35)39-19-10-12-22-44(39)54(46)49-51-42(33-15-6-4-7-16-33)32-43(52-49)34-17-8-5-9-18-34;1-3-4-2/h4-32H,1-3H3;3-4H,1-2H2. The number of allylic oxidation sites excluding steroid dienone is 2. The predicted molar refractivity (Wildman–Crippen MR) is 246 cm³/mol. The molecule has 58 heavy (non-hydrogen) atoms. The van der Waals surface area contributed by atoms with Gasteiger partial charge in [-0.3, -0.25) is 4.57 Å². The molecule has 3 aromatic heterocycles. The first-order chi connectivity index (χ1) is 28.3. The third kappa shape index (κ3) is 6.49. The van der Waals surface area contributed by atoms with Crippen LogP contribution in [0.2, 0.25) is 0 Å². The van der Waals surface area contributed by atoms with Gasteiger partial charge in [-0.05, 0) is 70.6 Å². The Kier molecular flexibility index (Phi) is 9.39. The second-order valence-electron chi connectivity index (χ2n) is 15.6. The molecular weight excluding hydrogens is 705 g/mol. The average molecular weight is 749 g/mol. The van der Waals surface area contributed by atoms with Crippen LogP contribution in [0.1, 0.15) is 26.3 Å². The van der Waals surface area contributed by atoms with Crippen LogP contribution in [-0.4, -0.2) is 19.1 Å². The lowest BCUT2D eigenvalue weighted by Crippen LogP contribution is -2.10. The third-order valence-electron chi connectivity index (χ3n) is 10.9. The Balaban J connectivity index is 0.00000104. The van der Waals surface area contributed by atoms with Crippen LogP contribution in [0.3, 0.4) is 0 Å². The molecule has 3 heterocycles. The highest BCUT2D eigenvalue weighted by Gasteiger charge is 2.21. The summed E-state index contributed by atoms with van der Waals surface area (Å²) in [4.78, 5) is 10.5. The SMILES string of the molecule is C=CC=C.CC(C)(C)c1ccc(-n2c3ccccc3c3c(-c4ccc5c(c4)c4ccccc4n5-c4nc(-c5ccccc5)cc(-c5ccccc5)n4)cccc32)cc1. The highest BCUT2D eigenvalue weighted by Crippen LogP contribution is 2.41. The molecule has 0 atom stereocenters. The van der Waals surface area contributed by atoms with Crippen LogP contribution >= 0.6 is 0 Å². The van der Waals surface area contributed by atoms with E-state index < -0.39 is 0 Å². The highest BCUT2D eigenvalue weighted by molar-refractivity contribution is 6.17. The van der Waals surface area contributed by atoms with Gasteiger partial charge < -0.3 is 4.57 Å². The molecule has 0 aliphatic carbocycles. The van der Waals surface area contributed by atoms with Crippen molar-refractivity contribution in [1.29, 1.82) is 0 Å². The number of nitrogens with zero attached hydrogens (tertiary/aromatic N) is 4. The maximum Gasteiger partial charge on any atom is 0.235 e. The van der Waals surface area contributed by atoms with Gasteiger partial charge in [0.1, 0.15) is 0 Å². The number of hydrogen-bond acceptors (Lipinski definition) is 2. The summed E-state index contributed by atoms with van der Waals surface area (Å²) in [5, 5.41) is 4.82. The molecule has 0 unspecified atom stereocenters. The van der Waals surface area contributed by atoms with E-state index in [-0.39, 0.29) is 5.41 Å². The van der Waals surface area contributed by atoms with Gasteiger partial charge in [-0.25, -0.2) is 9.97 Å². The van der Waals surface area contributed by atoms with Gasteiger partial charge in [-0.1, -0.05) is 173 Å². The second kappa shape index (κ2) is 15.0. The maximum atomic E-state index is 5.23. The van der Waals surface area contributed by atoms with E-state index in [9.17, 15) is 0 Å². The Morgan fingerprint density at radius 1 is 0.448 bits per heavy atom. The molecule has 0 fully saturated rings. The van der Waals surface area contributed by atoms with Crippen molar-refractivity contribution in [2.45, 2.75) is 26.2 Å². The Morgan fingerprint density at radius 3 is 1.59 bits per heavy atom. The number of aromatic nitrogens is 4. The molecule has 0 radical (unpaired) electrons. The molecule has 10 rings (SSSR count). The van der Waals surface area contributed by atoms with E-state index in [1.54, 1.807) is 12.2 Å². The van der Waals surface area contributed by atoms with Crippen LogP contribution in [0.5, 0.6) is 0 Å². The van der Waals surface area contributed by atoms with Gasteiger partial charge in [0.05, 0.1) is 33.5 Å². The molecule has 0 spiro atoms. The Labute approximate surface area is 339 Å². The predicted octanol–water partition coefficient (Wildman–Crippen LogP) is 14.3. The first-order valence-corrected chi connectivity index (χ1v) is 19.7. The van der Waals surface area contributed by atoms with Crippen LogP contribution in [-0.2, 0) is 5.41 Å².